The second kappa shape index (κ2) is 6.68. The number of likely N-dealkylation sites (tertiary alicyclic amines) is 1. The van der Waals surface area contributed by atoms with Crippen molar-refractivity contribution in [1.29, 1.82) is 0 Å². The van der Waals surface area contributed by atoms with E-state index in [2.05, 4.69) is 32.6 Å². The van der Waals surface area contributed by atoms with Gasteiger partial charge in [-0.25, -0.2) is 0 Å². The molecule has 4 unspecified atom stereocenters. The van der Waals surface area contributed by atoms with Gasteiger partial charge < -0.3 is 10.6 Å². The molecular weight excluding hydrogens is 260 g/mol. The molecule has 2 aliphatic rings. The molecule has 1 aliphatic carbocycles. The molecule has 0 aromatic carbocycles. The van der Waals surface area contributed by atoms with Crippen molar-refractivity contribution in [2.75, 3.05) is 13.1 Å². The maximum absolute atomic E-state index is 12.9. The minimum absolute atomic E-state index is 0.219. The molecule has 2 rings (SSSR count). The molecule has 1 saturated heterocycles. The molecule has 0 aromatic heterocycles. The van der Waals surface area contributed by atoms with E-state index in [1.165, 1.54) is 6.42 Å². The fraction of sp³-hybridized carbons (Fsp3) is 0.944. The number of hydrogen-bond donors (Lipinski definition) is 1. The first-order chi connectivity index (χ1) is 9.79. The standard InChI is InChI=1S/C18H34N2O/c1-13-12-15(19)7-8-16(13)17(21)20-10-5-6-14(9-11-20)18(2,3)4/h13-16H,5-12,19H2,1-4H3. The van der Waals surface area contributed by atoms with Crippen LogP contribution in [0.4, 0.5) is 0 Å². The van der Waals surface area contributed by atoms with Crippen LogP contribution in [0.25, 0.3) is 0 Å². The van der Waals surface area contributed by atoms with Crippen LogP contribution in [0.2, 0.25) is 0 Å². The SMILES string of the molecule is CC1CC(N)CCC1C(=O)N1CCCC(C(C)(C)C)CC1. The van der Waals surface area contributed by atoms with E-state index in [1.807, 2.05) is 0 Å². The highest BCUT2D eigenvalue weighted by Crippen LogP contribution is 2.36. The zero-order valence-corrected chi connectivity index (χ0v) is 14.4. The van der Waals surface area contributed by atoms with Gasteiger partial charge in [-0.15, -0.1) is 0 Å². The number of nitrogens with two attached hydrogens (primary N) is 1. The van der Waals surface area contributed by atoms with E-state index in [0.717, 1.165) is 51.1 Å². The van der Waals surface area contributed by atoms with Crippen molar-refractivity contribution < 1.29 is 4.79 Å². The van der Waals surface area contributed by atoms with E-state index in [-0.39, 0.29) is 5.92 Å². The lowest BCUT2D eigenvalue weighted by molar-refractivity contribution is -0.138. The first-order valence-electron chi connectivity index (χ1n) is 8.83. The maximum atomic E-state index is 12.9. The monoisotopic (exact) mass is 294 g/mol. The first-order valence-corrected chi connectivity index (χ1v) is 8.83. The number of carbonyl (C=O) groups excluding carboxylic acids is 1. The zero-order valence-electron chi connectivity index (χ0n) is 14.4. The lowest BCUT2D eigenvalue weighted by atomic mass is 9.76. The molecule has 0 aromatic rings. The maximum Gasteiger partial charge on any atom is 0.225 e. The Labute approximate surface area is 130 Å². The van der Waals surface area contributed by atoms with Crippen LogP contribution in [0, 0.1) is 23.2 Å². The van der Waals surface area contributed by atoms with Gasteiger partial charge in [-0.05, 0) is 55.8 Å². The van der Waals surface area contributed by atoms with Crippen LogP contribution in [0.15, 0.2) is 0 Å². The molecule has 1 amide bonds. The van der Waals surface area contributed by atoms with Crippen LogP contribution < -0.4 is 5.73 Å². The summed E-state index contributed by atoms with van der Waals surface area (Å²) in [4.78, 5) is 15.0. The van der Waals surface area contributed by atoms with Gasteiger partial charge in [0, 0.05) is 25.0 Å². The smallest absolute Gasteiger partial charge is 0.225 e. The van der Waals surface area contributed by atoms with Crippen molar-refractivity contribution in [3.8, 4) is 0 Å². The molecular formula is C18H34N2O. The summed E-state index contributed by atoms with van der Waals surface area (Å²) in [6.07, 6.45) is 6.59. The normalized spacial score (nSPS) is 35.4. The van der Waals surface area contributed by atoms with Crippen molar-refractivity contribution in [2.45, 2.75) is 72.3 Å². The van der Waals surface area contributed by atoms with Crippen LogP contribution in [0.3, 0.4) is 0 Å². The summed E-state index contributed by atoms with van der Waals surface area (Å²) < 4.78 is 0. The summed E-state index contributed by atoms with van der Waals surface area (Å²) in [5, 5.41) is 0. The third-order valence-electron chi connectivity index (χ3n) is 5.79. The summed E-state index contributed by atoms with van der Waals surface area (Å²) in [5.41, 5.74) is 6.40. The predicted molar refractivity (Wildman–Crippen MR) is 87.9 cm³/mol. The van der Waals surface area contributed by atoms with Gasteiger partial charge in [-0.2, -0.15) is 0 Å². The second-order valence-electron chi connectivity index (χ2n) is 8.48. The molecule has 2 N–H and O–H groups in total. The molecule has 3 heteroatoms. The van der Waals surface area contributed by atoms with Gasteiger partial charge >= 0.3 is 0 Å². The highest BCUT2D eigenvalue weighted by molar-refractivity contribution is 5.79. The van der Waals surface area contributed by atoms with Gasteiger partial charge in [-0.3, -0.25) is 4.79 Å². The Hall–Kier alpha value is -0.570. The summed E-state index contributed by atoms with van der Waals surface area (Å²) in [7, 11) is 0. The number of nitrogens with zero attached hydrogens (tertiary/aromatic N) is 1. The van der Waals surface area contributed by atoms with Crippen molar-refractivity contribution in [2.24, 2.45) is 28.9 Å². The number of rotatable bonds is 1. The van der Waals surface area contributed by atoms with Crippen molar-refractivity contribution >= 4 is 5.91 Å². The number of hydrogen-bond acceptors (Lipinski definition) is 2. The fourth-order valence-corrected chi connectivity index (χ4v) is 4.22. The third-order valence-corrected chi connectivity index (χ3v) is 5.79. The number of amides is 1. The Morgan fingerprint density at radius 2 is 1.81 bits per heavy atom. The molecule has 4 atom stereocenters. The average Bonchev–Trinajstić information content (AvgIpc) is 2.63. The molecule has 0 bridgehead atoms. The Balaban J connectivity index is 1.94. The molecule has 0 radical (unpaired) electrons. The molecule has 3 nitrogen and oxygen atoms in total. The van der Waals surface area contributed by atoms with Crippen LogP contribution in [-0.2, 0) is 4.79 Å². The van der Waals surface area contributed by atoms with Gasteiger partial charge in [0.15, 0.2) is 0 Å². The van der Waals surface area contributed by atoms with Crippen LogP contribution in [0.1, 0.15) is 66.2 Å². The summed E-state index contributed by atoms with van der Waals surface area (Å²) in [6.45, 7) is 11.1. The van der Waals surface area contributed by atoms with Gasteiger partial charge in [-0.1, -0.05) is 27.7 Å². The quantitative estimate of drug-likeness (QED) is 0.805. The van der Waals surface area contributed by atoms with Crippen LogP contribution >= 0.6 is 0 Å². The minimum atomic E-state index is 0.219. The van der Waals surface area contributed by atoms with E-state index in [1.54, 1.807) is 0 Å². The van der Waals surface area contributed by atoms with Crippen molar-refractivity contribution in [3.63, 3.8) is 0 Å². The van der Waals surface area contributed by atoms with Gasteiger partial charge in [0.25, 0.3) is 0 Å². The molecule has 2 fully saturated rings. The molecule has 1 aliphatic heterocycles. The predicted octanol–water partition coefficient (Wildman–Crippen LogP) is 3.42. The molecule has 0 spiro atoms. The fourth-order valence-electron chi connectivity index (χ4n) is 4.22. The Kier molecular flexibility index (Phi) is 5.34. The Bertz CT molecular complexity index is 361. The van der Waals surface area contributed by atoms with E-state index >= 15 is 0 Å². The highest BCUT2D eigenvalue weighted by atomic mass is 16.2. The lowest BCUT2D eigenvalue weighted by Gasteiger charge is -2.35. The summed E-state index contributed by atoms with van der Waals surface area (Å²) in [5.74, 6) is 1.82. The van der Waals surface area contributed by atoms with E-state index in [0.29, 0.717) is 23.3 Å². The Morgan fingerprint density at radius 1 is 1.10 bits per heavy atom. The van der Waals surface area contributed by atoms with E-state index in [4.69, 9.17) is 5.73 Å². The highest BCUT2D eigenvalue weighted by Gasteiger charge is 2.35. The largest absolute Gasteiger partial charge is 0.342 e. The summed E-state index contributed by atoms with van der Waals surface area (Å²) in [6, 6.07) is 0.304. The Morgan fingerprint density at radius 3 is 2.43 bits per heavy atom. The third kappa shape index (κ3) is 4.21. The first kappa shape index (κ1) is 16.8. The molecule has 21 heavy (non-hydrogen) atoms. The zero-order chi connectivity index (χ0) is 15.6. The summed E-state index contributed by atoms with van der Waals surface area (Å²) >= 11 is 0. The van der Waals surface area contributed by atoms with Gasteiger partial charge in [0.05, 0.1) is 0 Å². The molecule has 1 heterocycles. The van der Waals surface area contributed by atoms with Crippen molar-refractivity contribution in [3.05, 3.63) is 0 Å². The van der Waals surface area contributed by atoms with E-state index < -0.39 is 0 Å². The van der Waals surface area contributed by atoms with Crippen molar-refractivity contribution in [1.82, 2.24) is 4.90 Å². The van der Waals surface area contributed by atoms with Gasteiger partial charge in [0.2, 0.25) is 5.91 Å². The lowest BCUT2D eigenvalue weighted by Crippen LogP contribution is -2.43. The van der Waals surface area contributed by atoms with Crippen LogP contribution in [-0.4, -0.2) is 29.9 Å². The van der Waals surface area contributed by atoms with Gasteiger partial charge in [0.1, 0.15) is 0 Å². The topological polar surface area (TPSA) is 46.3 Å². The molecule has 122 valence electrons. The average molecular weight is 294 g/mol. The minimum Gasteiger partial charge on any atom is -0.342 e. The molecule has 1 saturated carbocycles. The van der Waals surface area contributed by atoms with Crippen LogP contribution in [0.5, 0.6) is 0 Å². The number of carbonyl (C=O) groups is 1. The van der Waals surface area contributed by atoms with E-state index in [9.17, 15) is 4.79 Å². The second-order valence-corrected chi connectivity index (χ2v) is 8.48.